The first kappa shape index (κ1) is 11.8. The van der Waals surface area contributed by atoms with Crippen LogP contribution >= 0.6 is 0 Å². The van der Waals surface area contributed by atoms with Crippen molar-refractivity contribution in [1.29, 1.82) is 0 Å². The molecule has 11 heavy (non-hydrogen) atoms. The first-order valence-corrected chi connectivity index (χ1v) is 14.0. The zero-order valence-corrected chi connectivity index (χ0v) is 17.6. The summed E-state index contributed by atoms with van der Waals surface area (Å²) in [5.74, 6) is -0.418. The Bertz CT molecular complexity index is 131. The van der Waals surface area contributed by atoms with E-state index in [1.165, 1.54) is 13.8 Å². The molecular formula is C5H7Hg2O4. The summed E-state index contributed by atoms with van der Waals surface area (Å²) in [6.45, 7) is 2.80. The molecular weight excluding hydrogens is 525 g/mol. The van der Waals surface area contributed by atoms with Crippen LogP contribution in [0.15, 0.2) is 0 Å². The number of hydrogen-bond acceptors (Lipinski definition) is 4. The van der Waals surface area contributed by atoms with Gasteiger partial charge in [-0.05, 0) is 0 Å². The van der Waals surface area contributed by atoms with Crippen molar-refractivity contribution in [1.82, 2.24) is 0 Å². The van der Waals surface area contributed by atoms with Gasteiger partial charge in [-0.1, -0.05) is 0 Å². The zero-order valence-electron chi connectivity index (χ0n) is 6.62. The Morgan fingerprint density at radius 1 is 1.09 bits per heavy atom. The summed E-state index contributed by atoms with van der Waals surface area (Å²) in [7, 11) is 0. The van der Waals surface area contributed by atoms with Gasteiger partial charge in [-0.2, -0.15) is 0 Å². The van der Waals surface area contributed by atoms with Crippen LogP contribution < -0.4 is 0 Å². The van der Waals surface area contributed by atoms with E-state index in [1.54, 1.807) is 0 Å². The molecule has 0 N–H and O–H groups in total. The van der Waals surface area contributed by atoms with Crippen LogP contribution in [0.2, 0.25) is 0 Å². The Morgan fingerprint density at radius 2 is 1.45 bits per heavy atom. The van der Waals surface area contributed by atoms with Crippen molar-refractivity contribution in [2.75, 3.05) is 0 Å². The molecule has 0 bridgehead atoms. The third-order valence-electron chi connectivity index (χ3n) is 0.809. The summed E-state index contributed by atoms with van der Waals surface area (Å²) in [6, 6.07) is 0. The van der Waals surface area contributed by atoms with Crippen molar-refractivity contribution < 1.29 is 64.9 Å². The summed E-state index contributed by atoms with van der Waals surface area (Å²) < 4.78 is 11.6. The minimum atomic E-state index is -1.50. The van der Waals surface area contributed by atoms with Crippen molar-refractivity contribution >= 4 is 11.9 Å². The molecule has 0 unspecified atom stereocenters. The predicted octanol–water partition coefficient (Wildman–Crippen LogP) is 0.227. The monoisotopic (exact) mass is 535 g/mol. The van der Waals surface area contributed by atoms with Crippen molar-refractivity contribution in [3.05, 3.63) is 1.44 Å². The SMILES string of the molecule is CC(=O)[O][Hg][CH][Hg][O]C(C)=O. The molecule has 0 aliphatic heterocycles. The zero-order chi connectivity index (χ0) is 8.69. The van der Waals surface area contributed by atoms with Crippen LogP contribution in [-0.2, 0) is 64.9 Å². The van der Waals surface area contributed by atoms with Crippen LogP contribution in [-0.4, -0.2) is 11.9 Å². The topological polar surface area (TPSA) is 52.6 Å². The molecule has 6 heteroatoms. The quantitative estimate of drug-likeness (QED) is 0.385. The van der Waals surface area contributed by atoms with Gasteiger partial charge in [-0.15, -0.1) is 0 Å². The second-order valence-corrected chi connectivity index (χ2v) is 28.7. The van der Waals surface area contributed by atoms with Crippen LogP contribution in [0.4, 0.5) is 0 Å². The summed E-state index contributed by atoms with van der Waals surface area (Å²) in [4.78, 5) is 20.5. The van der Waals surface area contributed by atoms with Crippen LogP contribution in [0.5, 0.6) is 0 Å². The van der Waals surface area contributed by atoms with Crippen LogP contribution in [0.3, 0.4) is 0 Å². The molecule has 55 valence electrons. The fourth-order valence-corrected chi connectivity index (χ4v) is 14.8. The molecule has 0 spiro atoms. The number of rotatable bonds is 4. The molecule has 4 nitrogen and oxygen atoms in total. The van der Waals surface area contributed by atoms with Crippen molar-refractivity contribution in [2.24, 2.45) is 0 Å². The molecule has 0 aromatic rings. The van der Waals surface area contributed by atoms with Crippen molar-refractivity contribution in [3.63, 3.8) is 0 Å². The van der Waals surface area contributed by atoms with Gasteiger partial charge in [-0.3, -0.25) is 0 Å². The molecule has 0 aromatic carbocycles. The van der Waals surface area contributed by atoms with Gasteiger partial charge in [0.05, 0.1) is 0 Å². The van der Waals surface area contributed by atoms with E-state index >= 15 is 0 Å². The Hall–Kier alpha value is 0.810. The maximum absolute atomic E-state index is 10.3. The van der Waals surface area contributed by atoms with Gasteiger partial charge in [0.2, 0.25) is 0 Å². The second kappa shape index (κ2) is 7.46. The first-order valence-electron chi connectivity index (χ1n) is 3.21. The Morgan fingerprint density at radius 3 is 1.73 bits per heavy atom. The Balaban J connectivity index is 3.03. The third kappa shape index (κ3) is 10.8. The van der Waals surface area contributed by atoms with Crippen molar-refractivity contribution in [3.8, 4) is 0 Å². The number of hydrogen-bond donors (Lipinski definition) is 0. The fraction of sp³-hybridized carbons (Fsp3) is 0.400. The maximum atomic E-state index is 10.3. The van der Waals surface area contributed by atoms with Gasteiger partial charge in [0, 0.05) is 0 Å². The van der Waals surface area contributed by atoms with E-state index in [2.05, 4.69) is 0 Å². The standard InChI is InChI=1S/2C2H4O2.CH.2Hg/c2*1-2(3)4;;;/h2*1H3,(H,3,4);1H;;/q;;;2*+1/p-2. The molecule has 1 radical (unpaired) electrons. The van der Waals surface area contributed by atoms with Gasteiger partial charge in [-0.25, -0.2) is 0 Å². The predicted molar refractivity (Wildman–Crippen MR) is 27.8 cm³/mol. The normalized spacial score (nSPS) is 7.45. The summed E-state index contributed by atoms with van der Waals surface area (Å²) in [6.07, 6.45) is 0. The van der Waals surface area contributed by atoms with Crippen LogP contribution in [0.25, 0.3) is 0 Å². The van der Waals surface area contributed by atoms with E-state index in [4.69, 9.17) is 5.29 Å². The molecule has 0 saturated heterocycles. The van der Waals surface area contributed by atoms with E-state index in [9.17, 15) is 9.59 Å². The van der Waals surface area contributed by atoms with Crippen molar-refractivity contribution in [2.45, 2.75) is 13.8 Å². The van der Waals surface area contributed by atoms with Gasteiger partial charge < -0.3 is 0 Å². The molecule has 0 aromatic heterocycles. The van der Waals surface area contributed by atoms with E-state index < -0.39 is 50.1 Å². The fourth-order valence-electron chi connectivity index (χ4n) is 0.401. The molecule has 0 heterocycles. The second-order valence-electron chi connectivity index (χ2n) is 1.89. The Labute approximate surface area is 91.2 Å². The summed E-state index contributed by atoms with van der Waals surface area (Å²) in [5.41, 5.74) is 0. The molecule has 0 amide bonds. The van der Waals surface area contributed by atoms with Gasteiger partial charge in [0.15, 0.2) is 0 Å². The van der Waals surface area contributed by atoms with Crippen LogP contribution in [0, 0.1) is 1.44 Å². The summed E-state index contributed by atoms with van der Waals surface area (Å²) >= 11 is -3.00. The Kier molecular flexibility index (Phi) is 8.01. The van der Waals surface area contributed by atoms with Gasteiger partial charge in [0.25, 0.3) is 0 Å². The average molecular weight is 532 g/mol. The first-order chi connectivity index (χ1) is 5.13. The molecule has 0 atom stereocenters. The summed E-state index contributed by atoms with van der Waals surface area (Å²) in [5, 5.41) is 0. The molecule has 0 saturated carbocycles. The van der Waals surface area contributed by atoms with E-state index in [1.807, 2.05) is 1.44 Å². The minimum absolute atomic E-state index is 0.209. The van der Waals surface area contributed by atoms with Gasteiger partial charge >= 0.3 is 92.2 Å². The molecule has 0 rings (SSSR count). The number of carbonyl (C=O) groups excluding carboxylic acids is 2. The third-order valence-corrected chi connectivity index (χ3v) is 23.2. The van der Waals surface area contributed by atoms with Gasteiger partial charge in [0.1, 0.15) is 0 Å². The van der Waals surface area contributed by atoms with E-state index in [-0.39, 0.29) is 11.9 Å². The van der Waals surface area contributed by atoms with E-state index in [0.717, 1.165) is 0 Å². The molecule has 0 aliphatic rings. The van der Waals surface area contributed by atoms with E-state index in [0.29, 0.717) is 0 Å². The molecule has 0 fully saturated rings. The average Bonchev–Trinajstić information content (AvgIpc) is 1.85. The number of carbonyl (C=O) groups is 2. The van der Waals surface area contributed by atoms with Crippen LogP contribution in [0.1, 0.15) is 13.8 Å². The molecule has 0 aliphatic carbocycles.